The number of para-hydroxylation sites is 1. The highest BCUT2D eigenvalue weighted by Gasteiger charge is 2.30. The molecule has 0 saturated heterocycles. The lowest BCUT2D eigenvalue weighted by Gasteiger charge is -2.25. The second-order valence-electron chi connectivity index (χ2n) is 8.61. The molecule has 0 bridgehead atoms. The fourth-order valence-corrected chi connectivity index (χ4v) is 5.66. The summed E-state index contributed by atoms with van der Waals surface area (Å²) in [7, 11) is -2.80. The molecule has 0 saturated carbocycles. The molecule has 0 spiro atoms. The first-order chi connectivity index (χ1) is 18.2. The molecule has 4 aromatic carbocycles. The first-order valence-electron chi connectivity index (χ1n) is 11.7. The fourth-order valence-electron chi connectivity index (χ4n) is 3.83. The molecule has 0 aromatic heterocycles. The SMILES string of the molecule is COc1ccc(C)cc1S(=O)(=O)N(CC(=O)Nc1cc(Cl)ccc1Oc1ccccc1)c1cccc(C)c1. The van der Waals surface area contributed by atoms with Gasteiger partial charge in [0.1, 0.15) is 22.9 Å². The highest BCUT2D eigenvalue weighted by atomic mass is 35.5. The lowest BCUT2D eigenvalue weighted by molar-refractivity contribution is -0.114. The van der Waals surface area contributed by atoms with Crippen LogP contribution in [0, 0.1) is 13.8 Å². The third-order valence-corrected chi connectivity index (χ3v) is 7.68. The van der Waals surface area contributed by atoms with E-state index in [2.05, 4.69) is 5.32 Å². The predicted octanol–water partition coefficient (Wildman–Crippen LogP) is 6.59. The Labute approximate surface area is 227 Å². The third kappa shape index (κ3) is 6.27. The van der Waals surface area contributed by atoms with Crippen molar-refractivity contribution in [3.63, 3.8) is 0 Å². The molecule has 1 N–H and O–H groups in total. The smallest absolute Gasteiger partial charge is 0.268 e. The molecule has 7 nitrogen and oxygen atoms in total. The number of halogens is 1. The summed E-state index contributed by atoms with van der Waals surface area (Å²) in [5.74, 6) is 0.532. The Bertz CT molecular complexity index is 1560. The Hall–Kier alpha value is -4.01. The number of nitrogens with one attached hydrogen (secondary N) is 1. The summed E-state index contributed by atoms with van der Waals surface area (Å²) in [4.78, 5) is 13.3. The molecule has 4 aromatic rings. The minimum absolute atomic E-state index is 0.0369. The summed E-state index contributed by atoms with van der Waals surface area (Å²) in [5, 5.41) is 3.15. The lowest BCUT2D eigenvalue weighted by atomic mass is 10.2. The van der Waals surface area contributed by atoms with Crippen molar-refractivity contribution in [3.05, 3.63) is 107 Å². The molecule has 9 heteroatoms. The maximum absolute atomic E-state index is 13.9. The van der Waals surface area contributed by atoms with E-state index in [1.54, 1.807) is 67.6 Å². The normalized spacial score (nSPS) is 11.1. The van der Waals surface area contributed by atoms with Crippen LogP contribution in [0.2, 0.25) is 5.02 Å². The number of methoxy groups -OCH3 is 1. The van der Waals surface area contributed by atoms with Gasteiger partial charge in [0.25, 0.3) is 10.0 Å². The molecule has 0 fully saturated rings. The largest absolute Gasteiger partial charge is 0.495 e. The number of nitrogens with zero attached hydrogens (tertiary/aromatic N) is 1. The number of rotatable bonds is 9. The van der Waals surface area contributed by atoms with Crippen molar-refractivity contribution in [1.29, 1.82) is 0 Å². The number of anilines is 2. The third-order valence-electron chi connectivity index (χ3n) is 5.65. The molecular formula is C29H27ClN2O5S. The van der Waals surface area contributed by atoms with Gasteiger partial charge in [0.05, 0.1) is 18.5 Å². The van der Waals surface area contributed by atoms with Crippen molar-refractivity contribution in [2.45, 2.75) is 18.7 Å². The monoisotopic (exact) mass is 550 g/mol. The van der Waals surface area contributed by atoms with Crippen LogP contribution in [0.25, 0.3) is 0 Å². The first-order valence-corrected chi connectivity index (χ1v) is 13.6. The van der Waals surface area contributed by atoms with Crippen LogP contribution in [0.5, 0.6) is 17.2 Å². The van der Waals surface area contributed by atoms with Gasteiger partial charge in [0.2, 0.25) is 5.91 Å². The van der Waals surface area contributed by atoms with Crippen molar-refractivity contribution < 1.29 is 22.7 Å². The quantitative estimate of drug-likeness (QED) is 0.254. The minimum atomic E-state index is -4.20. The molecule has 1 amide bonds. The number of hydrogen-bond acceptors (Lipinski definition) is 5. The number of ether oxygens (including phenoxy) is 2. The van der Waals surface area contributed by atoms with Crippen molar-refractivity contribution in [2.75, 3.05) is 23.3 Å². The Morgan fingerprint density at radius 3 is 2.29 bits per heavy atom. The van der Waals surface area contributed by atoms with E-state index in [-0.39, 0.29) is 10.6 Å². The van der Waals surface area contributed by atoms with Gasteiger partial charge in [-0.2, -0.15) is 0 Å². The second-order valence-corrected chi connectivity index (χ2v) is 10.9. The van der Waals surface area contributed by atoms with Crippen LogP contribution in [-0.2, 0) is 14.8 Å². The summed E-state index contributed by atoms with van der Waals surface area (Å²) in [6, 6.07) is 25.7. The molecule has 0 atom stereocenters. The maximum atomic E-state index is 13.9. The number of aryl methyl sites for hydroxylation is 2. The molecule has 0 heterocycles. The van der Waals surface area contributed by atoms with E-state index in [1.807, 2.05) is 31.2 Å². The molecule has 4 rings (SSSR count). The Kier molecular flexibility index (Phi) is 8.24. The summed E-state index contributed by atoms with van der Waals surface area (Å²) < 4.78 is 40.2. The predicted molar refractivity (Wildman–Crippen MR) is 150 cm³/mol. The zero-order valence-electron chi connectivity index (χ0n) is 21.1. The summed E-state index contributed by atoms with van der Waals surface area (Å²) in [6.45, 7) is 3.14. The number of benzene rings is 4. The van der Waals surface area contributed by atoms with E-state index in [1.165, 1.54) is 13.2 Å². The zero-order valence-corrected chi connectivity index (χ0v) is 22.7. The summed E-state index contributed by atoms with van der Waals surface area (Å²) in [6.07, 6.45) is 0. The average molecular weight is 551 g/mol. The van der Waals surface area contributed by atoms with Gasteiger partial charge in [-0.25, -0.2) is 8.42 Å². The van der Waals surface area contributed by atoms with Crippen LogP contribution in [0.4, 0.5) is 11.4 Å². The van der Waals surface area contributed by atoms with Gasteiger partial charge in [0, 0.05) is 5.02 Å². The van der Waals surface area contributed by atoms with E-state index in [0.29, 0.717) is 27.9 Å². The molecule has 0 aliphatic carbocycles. The molecule has 0 aliphatic heterocycles. The van der Waals surface area contributed by atoms with Crippen LogP contribution < -0.4 is 19.1 Å². The molecule has 38 heavy (non-hydrogen) atoms. The van der Waals surface area contributed by atoms with Crippen LogP contribution >= 0.6 is 11.6 Å². The van der Waals surface area contributed by atoms with E-state index < -0.39 is 22.5 Å². The van der Waals surface area contributed by atoms with Crippen molar-refractivity contribution in [1.82, 2.24) is 0 Å². The number of amides is 1. The number of carbonyl (C=O) groups excluding carboxylic acids is 1. The van der Waals surface area contributed by atoms with Crippen LogP contribution in [0.15, 0.2) is 95.9 Å². The Morgan fingerprint density at radius 1 is 0.868 bits per heavy atom. The fraction of sp³-hybridized carbons (Fsp3) is 0.138. The molecule has 0 radical (unpaired) electrons. The average Bonchev–Trinajstić information content (AvgIpc) is 2.89. The Morgan fingerprint density at radius 2 is 1.58 bits per heavy atom. The summed E-state index contributed by atoms with van der Waals surface area (Å²) >= 11 is 6.20. The van der Waals surface area contributed by atoms with E-state index in [4.69, 9.17) is 21.1 Å². The Balaban J connectivity index is 1.69. The van der Waals surface area contributed by atoms with Crippen molar-refractivity contribution >= 4 is 38.9 Å². The minimum Gasteiger partial charge on any atom is -0.495 e. The van der Waals surface area contributed by atoms with E-state index in [0.717, 1.165) is 15.4 Å². The van der Waals surface area contributed by atoms with Gasteiger partial charge < -0.3 is 14.8 Å². The highest BCUT2D eigenvalue weighted by Crippen LogP contribution is 2.34. The molecular weight excluding hydrogens is 524 g/mol. The maximum Gasteiger partial charge on any atom is 0.268 e. The van der Waals surface area contributed by atoms with Gasteiger partial charge in [-0.1, -0.05) is 48.0 Å². The first kappa shape index (κ1) is 27.0. The molecule has 0 aliphatic rings. The van der Waals surface area contributed by atoms with Crippen LogP contribution in [-0.4, -0.2) is 28.0 Å². The van der Waals surface area contributed by atoms with Crippen LogP contribution in [0.3, 0.4) is 0 Å². The van der Waals surface area contributed by atoms with Gasteiger partial charge in [-0.3, -0.25) is 9.10 Å². The topological polar surface area (TPSA) is 84.9 Å². The molecule has 0 unspecified atom stereocenters. The zero-order chi connectivity index (χ0) is 27.3. The van der Waals surface area contributed by atoms with Gasteiger partial charge in [-0.05, 0) is 79.6 Å². The second kappa shape index (κ2) is 11.6. The standard InChI is InChI=1S/C29H27ClN2O5S/c1-20-8-7-9-23(16-20)32(38(34,35)28-17-21(2)12-14-27(28)36-3)19-29(33)31-25-18-22(30)13-15-26(25)37-24-10-5-4-6-11-24/h4-18H,19H2,1-3H3,(H,31,33). The number of hydrogen-bond donors (Lipinski definition) is 1. The van der Waals surface area contributed by atoms with Gasteiger partial charge in [-0.15, -0.1) is 0 Å². The summed E-state index contributed by atoms with van der Waals surface area (Å²) in [5.41, 5.74) is 2.23. The highest BCUT2D eigenvalue weighted by molar-refractivity contribution is 7.93. The van der Waals surface area contributed by atoms with Gasteiger partial charge in [0.15, 0.2) is 5.75 Å². The van der Waals surface area contributed by atoms with Crippen molar-refractivity contribution in [3.8, 4) is 17.2 Å². The van der Waals surface area contributed by atoms with E-state index >= 15 is 0 Å². The number of carbonyl (C=O) groups is 1. The van der Waals surface area contributed by atoms with Crippen molar-refractivity contribution in [2.24, 2.45) is 0 Å². The van der Waals surface area contributed by atoms with E-state index in [9.17, 15) is 13.2 Å². The van der Waals surface area contributed by atoms with Gasteiger partial charge >= 0.3 is 0 Å². The number of sulfonamides is 1. The molecule has 196 valence electrons. The lowest BCUT2D eigenvalue weighted by Crippen LogP contribution is -2.38. The van der Waals surface area contributed by atoms with Crippen LogP contribution in [0.1, 0.15) is 11.1 Å².